The molecule has 0 bridgehead atoms. The van der Waals surface area contributed by atoms with Crippen LogP contribution in [0.1, 0.15) is 23.0 Å². The number of benzene rings is 2. The van der Waals surface area contributed by atoms with E-state index in [1.807, 2.05) is 49.4 Å². The minimum absolute atomic E-state index is 0.0712. The van der Waals surface area contributed by atoms with Crippen LogP contribution in [0.3, 0.4) is 0 Å². The Morgan fingerprint density at radius 1 is 0.968 bits per heavy atom. The molecule has 0 unspecified atom stereocenters. The van der Waals surface area contributed by atoms with Crippen LogP contribution in [0.4, 0.5) is 0 Å². The first-order chi connectivity index (χ1) is 15.1. The molecule has 3 aromatic rings. The van der Waals surface area contributed by atoms with Gasteiger partial charge in [-0.3, -0.25) is 4.79 Å². The lowest BCUT2D eigenvalue weighted by Crippen LogP contribution is -2.34. The number of carbonyl (C=O) groups excluding carboxylic acids is 2. The number of hydrogen-bond donors (Lipinski definition) is 0. The lowest BCUT2D eigenvalue weighted by atomic mass is 10.1. The SMILES string of the molecule is CCN(Cc1ccc(OC)c(OC)c1)C(=O)COC(=O)c1occc1-c1ccccc1. The third-order valence-electron chi connectivity index (χ3n) is 4.82. The molecule has 0 aliphatic carbocycles. The van der Waals surface area contributed by atoms with Crippen molar-refractivity contribution in [3.63, 3.8) is 0 Å². The third-order valence-corrected chi connectivity index (χ3v) is 4.82. The van der Waals surface area contributed by atoms with E-state index in [0.29, 0.717) is 30.2 Å². The molecule has 1 heterocycles. The van der Waals surface area contributed by atoms with E-state index < -0.39 is 5.97 Å². The van der Waals surface area contributed by atoms with E-state index in [1.165, 1.54) is 6.26 Å². The summed E-state index contributed by atoms with van der Waals surface area (Å²) in [7, 11) is 3.12. The zero-order valence-corrected chi connectivity index (χ0v) is 17.8. The van der Waals surface area contributed by atoms with Gasteiger partial charge in [-0.1, -0.05) is 36.4 Å². The van der Waals surface area contributed by atoms with Crippen molar-refractivity contribution in [3.05, 3.63) is 72.2 Å². The number of ether oxygens (including phenoxy) is 3. The number of amides is 1. The van der Waals surface area contributed by atoms with Crippen molar-refractivity contribution in [2.24, 2.45) is 0 Å². The van der Waals surface area contributed by atoms with E-state index in [0.717, 1.165) is 11.1 Å². The smallest absolute Gasteiger partial charge is 0.375 e. The molecule has 0 spiro atoms. The topological polar surface area (TPSA) is 78.2 Å². The molecule has 0 aliphatic heterocycles. The highest BCUT2D eigenvalue weighted by molar-refractivity contribution is 5.95. The van der Waals surface area contributed by atoms with Gasteiger partial charge in [-0.05, 0) is 36.2 Å². The summed E-state index contributed by atoms with van der Waals surface area (Å²) in [6, 6.07) is 16.5. The van der Waals surface area contributed by atoms with Crippen LogP contribution < -0.4 is 9.47 Å². The minimum atomic E-state index is -0.681. The Morgan fingerprint density at radius 2 is 1.71 bits per heavy atom. The van der Waals surface area contributed by atoms with Gasteiger partial charge in [0.1, 0.15) is 0 Å². The Hall–Kier alpha value is -3.74. The van der Waals surface area contributed by atoms with Gasteiger partial charge in [-0.25, -0.2) is 4.79 Å². The summed E-state index contributed by atoms with van der Waals surface area (Å²) in [6.45, 7) is 2.29. The fourth-order valence-electron chi connectivity index (χ4n) is 3.17. The van der Waals surface area contributed by atoms with Gasteiger partial charge in [0.25, 0.3) is 5.91 Å². The Labute approximate surface area is 181 Å². The van der Waals surface area contributed by atoms with Gasteiger partial charge in [-0.15, -0.1) is 0 Å². The van der Waals surface area contributed by atoms with E-state index in [4.69, 9.17) is 18.6 Å². The number of esters is 1. The molecule has 0 radical (unpaired) electrons. The molecular formula is C24H25NO6. The Kier molecular flexibility index (Phi) is 7.32. The molecule has 1 amide bonds. The second-order valence-corrected chi connectivity index (χ2v) is 6.70. The van der Waals surface area contributed by atoms with Crippen molar-refractivity contribution >= 4 is 11.9 Å². The highest BCUT2D eigenvalue weighted by Gasteiger charge is 2.21. The summed E-state index contributed by atoms with van der Waals surface area (Å²) in [4.78, 5) is 26.7. The van der Waals surface area contributed by atoms with E-state index in [1.54, 1.807) is 31.3 Å². The largest absolute Gasteiger partial charge is 0.493 e. The summed E-state index contributed by atoms with van der Waals surface area (Å²) in [6.07, 6.45) is 1.43. The van der Waals surface area contributed by atoms with E-state index in [2.05, 4.69) is 0 Å². The summed E-state index contributed by atoms with van der Waals surface area (Å²) in [5.41, 5.74) is 2.32. The molecule has 0 fully saturated rings. The number of rotatable bonds is 9. The molecule has 0 saturated heterocycles. The Balaban J connectivity index is 1.63. The molecule has 162 valence electrons. The highest BCUT2D eigenvalue weighted by Crippen LogP contribution is 2.28. The maximum absolute atomic E-state index is 12.6. The average molecular weight is 423 g/mol. The molecule has 0 saturated carbocycles. The number of carbonyl (C=O) groups is 2. The standard InChI is InChI=1S/C24H25NO6/c1-4-25(15-17-10-11-20(28-2)21(14-17)29-3)22(26)16-31-24(27)23-19(12-13-30-23)18-8-6-5-7-9-18/h5-14H,4,15-16H2,1-3H3. The normalized spacial score (nSPS) is 10.4. The molecule has 7 heteroatoms. The van der Waals surface area contributed by atoms with Gasteiger partial charge in [0.2, 0.25) is 5.76 Å². The lowest BCUT2D eigenvalue weighted by Gasteiger charge is -2.21. The number of hydrogen-bond acceptors (Lipinski definition) is 6. The number of likely N-dealkylation sites (N-methyl/N-ethyl adjacent to an activating group) is 1. The molecule has 3 rings (SSSR count). The summed E-state index contributed by atoms with van der Waals surface area (Å²) in [5.74, 6) is 0.281. The van der Waals surface area contributed by atoms with Crippen molar-refractivity contribution in [1.82, 2.24) is 4.90 Å². The zero-order valence-electron chi connectivity index (χ0n) is 17.8. The molecule has 1 aromatic heterocycles. The van der Waals surface area contributed by atoms with Gasteiger partial charge < -0.3 is 23.5 Å². The fourth-order valence-corrected chi connectivity index (χ4v) is 3.17. The molecule has 7 nitrogen and oxygen atoms in total. The average Bonchev–Trinajstić information content (AvgIpc) is 3.31. The van der Waals surface area contributed by atoms with Crippen LogP contribution in [0, 0.1) is 0 Å². The highest BCUT2D eigenvalue weighted by atomic mass is 16.5. The summed E-state index contributed by atoms with van der Waals surface area (Å²) < 4.78 is 21.1. The van der Waals surface area contributed by atoms with Crippen molar-refractivity contribution < 1.29 is 28.2 Å². The lowest BCUT2D eigenvalue weighted by molar-refractivity contribution is -0.135. The Bertz CT molecular complexity index is 1030. The van der Waals surface area contributed by atoms with Crippen LogP contribution in [-0.2, 0) is 16.1 Å². The monoisotopic (exact) mass is 423 g/mol. The van der Waals surface area contributed by atoms with E-state index >= 15 is 0 Å². The summed E-state index contributed by atoms with van der Waals surface area (Å²) >= 11 is 0. The second-order valence-electron chi connectivity index (χ2n) is 6.70. The molecule has 0 aliphatic rings. The van der Waals surface area contributed by atoms with Crippen LogP contribution in [0.2, 0.25) is 0 Å². The number of nitrogens with zero attached hydrogens (tertiary/aromatic N) is 1. The van der Waals surface area contributed by atoms with Gasteiger partial charge in [0.05, 0.1) is 20.5 Å². The first kappa shape index (κ1) is 22.0. The molecule has 31 heavy (non-hydrogen) atoms. The predicted molar refractivity (Wildman–Crippen MR) is 115 cm³/mol. The Morgan fingerprint density at radius 3 is 2.39 bits per heavy atom. The molecular weight excluding hydrogens is 398 g/mol. The predicted octanol–water partition coefficient (Wildman–Crippen LogP) is 4.17. The quantitative estimate of drug-likeness (QED) is 0.481. The van der Waals surface area contributed by atoms with Crippen molar-refractivity contribution in [2.45, 2.75) is 13.5 Å². The van der Waals surface area contributed by atoms with Crippen LogP contribution >= 0.6 is 0 Å². The third kappa shape index (κ3) is 5.25. The minimum Gasteiger partial charge on any atom is -0.493 e. The van der Waals surface area contributed by atoms with Gasteiger partial charge in [0, 0.05) is 18.7 Å². The first-order valence-electron chi connectivity index (χ1n) is 9.86. The molecule has 0 atom stereocenters. The van der Waals surface area contributed by atoms with E-state index in [9.17, 15) is 9.59 Å². The second kappa shape index (κ2) is 10.3. The van der Waals surface area contributed by atoms with E-state index in [-0.39, 0.29) is 18.3 Å². The van der Waals surface area contributed by atoms with Crippen LogP contribution in [0.5, 0.6) is 11.5 Å². The van der Waals surface area contributed by atoms with Crippen LogP contribution in [0.15, 0.2) is 65.3 Å². The zero-order chi connectivity index (χ0) is 22.2. The first-order valence-corrected chi connectivity index (χ1v) is 9.86. The molecule has 0 N–H and O–H groups in total. The number of furan rings is 1. The van der Waals surface area contributed by atoms with Crippen molar-refractivity contribution in [2.75, 3.05) is 27.4 Å². The van der Waals surface area contributed by atoms with Crippen molar-refractivity contribution in [3.8, 4) is 22.6 Å². The fraction of sp³-hybridized carbons (Fsp3) is 0.250. The van der Waals surface area contributed by atoms with Crippen molar-refractivity contribution in [1.29, 1.82) is 0 Å². The summed E-state index contributed by atoms with van der Waals surface area (Å²) in [5, 5.41) is 0. The maximum Gasteiger partial charge on any atom is 0.375 e. The van der Waals surface area contributed by atoms with Gasteiger partial charge in [0.15, 0.2) is 18.1 Å². The van der Waals surface area contributed by atoms with Crippen LogP contribution in [0.25, 0.3) is 11.1 Å². The van der Waals surface area contributed by atoms with Crippen LogP contribution in [-0.4, -0.2) is 44.1 Å². The molecule has 2 aromatic carbocycles. The maximum atomic E-state index is 12.6. The van der Waals surface area contributed by atoms with Gasteiger partial charge in [-0.2, -0.15) is 0 Å². The number of methoxy groups -OCH3 is 2. The van der Waals surface area contributed by atoms with Gasteiger partial charge >= 0.3 is 5.97 Å².